The van der Waals surface area contributed by atoms with Gasteiger partial charge in [-0.25, -0.2) is 9.78 Å². The van der Waals surface area contributed by atoms with Crippen LogP contribution in [0.25, 0.3) is 0 Å². The second-order valence-corrected chi connectivity index (χ2v) is 4.65. The predicted molar refractivity (Wildman–Crippen MR) is 74.4 cm³/mol. The van der Waals surface area contributed by atoms with Crippen molar-refractivity contribution in [2.24, 2.45) is 0 Å². The number of morpholine rings is 1. The molecule has 7 nitrogen and oxygen atoms in total. The molecule has 0 aromatic carbocycles. The normalized spacial score (nSPS) is 18.3. The lowest BCUT2D eigenvalue weighted by atomic mass is 10.1. The number of hydrogen-bond acceptors (Lipinski definition) is 6. The molecule has 1 aliphatic heterocycles. The molecule has 0 radical (unpaired) electrons. The average Bonchev–Trinajstić information content (AvgIpc) is 2.48. The van der Waals surface area contributed by atoms with Gasteiger partial charge >= 0.3 is 11.9 Å². The number of carboxylic acids is 1. The lowest BCUT2D eigenvalue weighted by Crippen LogP contribution is -2.47. The molecule has 1 aromatic heterocycles. The fraction of sp³-hybridized carbons (Fsp3) is 0.500. The lowest BCUT2D eigenvalue weighted by Gasteiger charge is -2.35. The van der Waals surface area contributed by atoms with E-state index in [1.54, 1.807) is 19.1 Å². The van der Waals surface area contributed by atoms with E-state index in [1.165, 1.54) is 6.20 Å². The molecule has 0 aliphatic carbocycles. The van der Waals surface area contributed by atoms with Crippen molar-refractivity contribution in [2.75, 3.05) is 31.3 Å². The molecule has 1 unspecified atom stereocenters. The summed E-state index contributed by atoms with van der Waals surface area (Å²) in [4.78, 5) is 28.6. The lowest BCUT2D eigenvalue weighted by molar-refractivity contribution is -0.138. The molecule has 2 heterocycles. The van der Waals surface area contributed by atoms with E-state index in [0.717, 1.165) is 0 Å². The van der Waals surface area contributed by atoms with Crippen molar-refractivity contribution in [3.63, 3.8) is 0 Å². The second-order valence-electron chi connectivity index (χ2n) is 4.65. The van der Waals surface area contributed by atoms with Crippen LogP contribution in [-0.2, 0) is 14.3 Å². The summed E-state index contributed by atoms with van der Waals surface area (Å²) in [6.45, 7) is 3.50. The second kappa shape index (κ2) is 7.03. The Labute approximate surface area is 122 Å². The zero-order chi connectivity index (χ0) is 15.2. The van der Waals surface area contributed by atoms with Crippen LogP contribution < -0.4 is 4.90 Å². The van der Waals surface area contributed by atoms with Gasteiger partial charge in [-0.1, -0.05) is 0 Å². The van der Waals surface area contributed by atoms with Crippen LogP contribution in [0.1, 0.15) is 23.7 Å². The van der Waals surface area contributed by atoms with Crippen LogP contribution in [0.3, 0.4) is 0 Å². The number of aromatic nitrogens is 1. The Morgan fingerprint density at radius 1 is 1.52 bits per heavy atom. The average molecular weight is 294 g/mol. The highest BCUT2D eigenvalue weighted by molar-refractivity contribution is 5.89. The van der Waals surface area contributed by atoms with Crippen molar-refractivity contribution in [3.05, 3.63) is 23.9 Å². The maximum absolute atomic E-state index is 11.6. The number of rotatable bonds is 5. The molecule has 1 atom stereocenters. The van der Waals surface area contributed by atoms with Crippen LogP contribution in [0.5, 0.6) is 0 Å². The fourth-order valence-corrected chi connectivity index (χ4v) is 2.22. The monoisotopic (exact) mass is 294 g/mol. The summed E-state index contributed by atoms with van der Waals surface area (Å²) in [5.74, 6) is -0.656. The summed E-state index contributed by atoms with van der Waals surface area (Å²) < 4.78 is 10.2. The highest BCUT2D eigenvalue weighted by atomic mass is 16.5. The largest absolute Gasteiger partial charge is 0.481 e. The Balaban J connectivity index is 2.12. The molecule has 21 heavy (non-hydrogen) atoms. The first-order chi connectivity index (χ1) is 10.1. The van der Waals surface area contributed by atoms with Gasteiger partial charge in [-0.3, -0.25) is 4.79 Å². The van der Waals surface area contributed by atoms with E-state index >= 15 is 0 Å². The Hall–Kier alpha value is -2.15. The minimum atomic E-state index is -0.876. The molecule has 0 bridgehead atoms. The number of pyridine rings is 1. The summed E-state index contributed by atoms with van der Waals surface area (Å²) in [6.07, 6.45) is 1.43. The SMILES string of the molecule is CCOC(=O)c1ccc(N2CCOCC2CC(=O)O)nc1. The number of carbonyl (C=O) groups is 2. The highest BCUT2D eigenvalue weighted by Gasteiger charge is 2.26. The van der Waals surface area contributed by atoms with Crippen molar-refractivity contribution in [3.8, 4) is 0 Å². The van der Waals surface area contributed by atoms with Crippen molar-refractivity contribution in [2.45, 2.75) is 19.4 Å². The molecule has 2 rings (SSSR count). The number of esters is 1. The first-order valence-electron chi connectivity index (χ1n) is 6.81. The van der Waals surface area contributed by atoms with Crippen molar-refractivity contribution in [1.82, 2.24) is 4.98 Å². The van der Waals surface area contributed by atoms with Crippen molar-refractivity contribution >= 4 is 17.8 Å². The number of carbonyl (C=O) groups excluding carboxylic acids is 1. The van der Waals surface area contributed by atoms with Crippen LogP contribution in [0.2, 0.25) is 0 Å². The van der Waals surface area contributed by atoms with E-state index in [9.17, 15) is 9.59 Å². The summed E-state index contributed by atoms with van der Waals surface area (Å²) in [6, 6.07) is 3.08. The predicted octanol–water partition coefficient (Wildman–Crippen LogP) is 0.938. The quantitative estimate of drug-likeness (QED) is 0.808. The standard InChI is InChI=1S/C14H18N2O5/c1-2-21-14(19)10-3-4-12(15-8-10)16-5-6-20-9-11(16)7-13(17)18/h3-4,8,11H,2,5-7,9H2,1H3,(H,17,18). The van der Waals surface area contributed by atoms with Crippen LogP contribution >= 0.6 is 0 Å². The van der Waals surface area contributed by atoms with Crippen LogP contribution in [0.15, 0.2) is 18.3 Å². The molecule has 1 aliphatic rings. The van der Waals surface area contributed by atoms with Gasteiger partial charge in [0.15, 0.2) is 0 Å². The third-order valence-electron chi connectivity index (χ3n) is 3.19. The first-order valence-corrected chi connectivity index (χ1v) is 6.81. The van der Waals surface area contributed by atoms with Gasteiger partial charge in [0.1, 0.15) is 5.82 Å². The van der Waals surface area contributed by atoms with Gasteiger partial charge in [0.05, 0.1) is 37.8 Å². The van der Waals surface area contributed by atoms with E-state index in [2.05, 4.69) is 4.98 Å². The van der Waals surface area contributed by atoms with Crippen molar-refractivity contribution < 1.29 is 24.2 Å². The third-order valence-corrected chi connectivity index (χ3v) is 3.19. The molecule has 0 saturated carbocycles. The molecule has 114 valence electrons. The van der Waals surface area contributed by atoms with Gasteiger partial charge in [0, 0.05) is 12.7 Å². The third kappa shape index (κ3) is 3.91. The zero-order valence-electron chi connectivity index (χ0n) is 11.8. The summed E-state index contributed by atoms with van der Waals surface area (Å²) in [7, 11) is 0. The number of anilines is 1. The van der Waals surface area contributed by atoms with Gasteiger partial charge in [0.2, 0.25) is 0 Å². The highest BCUT2D eigenvalue weighted by Crippen LogP contribution is 2.19. The van der Waals surface area contributed by atoms with E-state index in [4.69, 9.17) is 14.6 Å². The Kier molecular flexibility index (Phi) is 5.10. The van der Waals surface area contributed by atoms with Gasteiger partial charge in [-0.15, -0.1) is 0 Å². The molecule has 7 heteroatoms. The minimum Gasteiger partial charge on any atom is -0.481 e. The van der Waals surface area contributed by atoms with Gasteiger partial charge in [-0.2, -0.15) is 0 Å². The zero-order valence-corrected chi connectivity index (χ0v) is 11.8. The van der Waals surface area contributed by atoms with E-state index in [1.807, 2.05) is 4.90 Å². The minimum absolute atomic E-state index is 0.0126. The molecule has 1 aromatic rings. The Bertz CT molecular complexity index is 503. The Morgan fingerprint density at radius 2 is 2.33 bits per heavy atom. The number of hydrogen-bond donors (Lipinski definition) is 1. The molecule has 0 amide bonds. The number of carboxylic acid groups (broad SMARTS) is 1. The van der Waals surface area contributed by atoms with E-state index in [0.29, 0.717) is 37.7 Å². The molecular formula is C14H18N2O5. The first kappa shape index (κ1) is 15.2. The maximum Gasteiger partial charge on any atom is 0.339 e. The van der Waals surface area contributed by atoms with E-state index in [-0.39, 0.29) is 12.5 Å². The maximum atomic E-state index is 11.6. The summed E-state index contributed by atoms with van der Waals surface area (Å²) in [5, 5.41) is 8.94. The number of nitrogens with zero attached hydrogens (tertiary/aromatic N) is 2. The Morgan fingerprint density at radius 3 is 2.95 bits per heavy atom. The molecule has 1 saturated heterocycles. The van der Waals surface area contributed by atoms with Crippen LogP contribution in [-0.4, -0.2) is 54.4 Å². The fourth-order valence-electron chi connectivity index (χ4n) is 2.22. The molecule has 1 N–H and O–H groups in total. The summed E-state index contributed by atoms with van der Waals surface area (Å²) in [5.41, 5.74) is 0.378. The molecule has 0 spiro atoms. The number of ether oxygens (including phenoxy) is 2. The molecular weight excluding hydrogens is 276 g/mol. The van der Waals surface area contributed by atoms with Crippen LogP contribution in [0, 0.1) is 0 Å². The smallest absolute Gasteiger partial charge is 0.339 e. The van der Waals surface area contributed by atoms with Gasteiger partial charge in [-0.05, 0) is 19.1 Å². The van der Waals surface area contributed by atoms with E-state index < -0.39 is 11.9 Å². The number of aliphatic carboxylic acids is 1. The summed E-state index contributed by atoms with van der Waals surface area (Å²) >= 11 is 0. The molecule has 1 fully saturated rings. The van der Waals surface area contributed by atoms with Crippen LogP contribution in [0.4, 0.5) is 5.82 Å². The van der Waals surface area contributed by atoms with Crippen molar-refractivity contribution in [1.29, 1.82) is 0 Å². The van der Waals surface area contributed by atoms with Gasteiger partial charge < -0.3 is 19.5 Å². The van der Waals surface area contributed by atoms with Gasteiger partial charge in [0.25, 0.3) is 0 Å². The topological polar surface area (TPSA) is 89.0 Å².